The van der Waals surface area contributed by atoms with Gasteiger partial charge in [0, 0.05) is 12.8 Å². The van der Waals surface area contributed by atoms with E-state index in [1.165, 1.54) is 103 Å². The minimum absolute atomic E-state index is 0.000164. The fraction of sp³-hybridized carbons (Fsp3) is 0.943. The number of rotatable bonds is 29. The first-order valence-corrected chi connectivity index (χ1v) is 17.3. The van der Waals surface area contributed by atoms with E-state index in [2.05, 4.69) is 34.6 Å². The predicted octanol–water partition coefficient (Wildman–Crippen LogP) is 11.0. The molecule has 0 spiro atoms. The highest BCUT2D eigenvalue weighted by molar-refractivity contribution is 5.69. The number of hydrogen-bond acceptors (Lipinski definition) is 4. The summed E-state index contributed by atoms with van der Waals surface area (Å²) in [5, 5.41) is 0. The maximum atomic E-state index is 12.1. The van der Waals surface area contributed by atoms with Gasteiger partial charge in [-0.1, -0.05) is 150 Å². The zero-order valence-corrected chi connectivity index (χ0v) is 27.0. The second-order valence-electron chi connectivity index (χ2n) is 12.3. The van der Waals surface area contributed by atoms with Crippen molar-refractivity contribution in [2.45, 2.75) is 182 Å². The van der Waals surface area contributed by atoms with Gasteiger partial charge in [0.05, 0.1) is 13.2 Å². The molecule has 0 aromatic carbocycles. The molecule has 0 radical (unpaired) electrons. The van der Waals surface area contributed by atoms with Crippen molar-refractivity contribution in [1.82, 2.24) is 0 Å². The molecule has 0 heterocycles. The molecule has 0 amide bonds. The second-order valence-corrected chi connectivity index (χ2v) is 12.3. The molecule has 0 rings (SSSR count). The van der Waals surface area contributed by atoms with Gasteiger partial charge < -0.3 is 9.47 Å². The lowest BCUT2D eigenvalue weighted by atomic mass is 9.98. The number of unbranched alkanes of at least 4 members (excludes halogenated alkanes) is 13. The van der Waals surface area contributed by atoms with Crippen molar-refractivity contribution in [2.24, 2.45) is 17.8 Å². The molecule has 0 aliphatic rings. The second kappa shape index (κ2) is 28.5. The molecule has 39 heavy (non-hydrogen) atoms. The summed E-state index contributed by atoms with van der Waals surface area (Å²) in [5.74, 6) is 1.50. The highest BCUT2D eigenvalue weighted by Gasteiger charge is 2.13. The first kappa shape index (κ1) is 37.9. The predicted molar refractivity (Wildman–Crippen MR) is 167 cm³/mol. The molecule has 0 fully saturated rings. The SMILES string of the molecule is CCCCC(CC)COC(=O)CCCCCCCCCCCCCCC(C)CC(=O)OCC(CC)CCCC. The van der Waals surface area contributed by atoms with Gasteiger partial charge in [-0.2, -0.15) is 0 Å². The first-order chi connectivity index (χ1) is 19.0. The Labute approximate surface area is 244 Å². The van der Waals surface area contributed by atoms with Crippen LogP contribution in [-0.4, -0.2) is 25.2 Å². The van der Waals surface area contributed by atoms with Crippen molar-refractivity contribution in [1.29, 1.82) is 0 Å². The molecule has 0 aromatic rings. The highest BCUT2D eigenvalue weighted by atomic mass is 16.5. The van der Waals surface area contributed by atoms with Crippen LogP contribution in [-0.2, 0) is 19.1 Å². The van der Waals surface area contributed by atoms with Crippen LogP contribution in [0.2, 0.25) is 0 Å². The van der Waals surface area contributed by atoms with E-state index in [1.54, 1.807) is 0 Å². The molecule has 0 saturated heterocycles. The van der Waals surface area contributed by atoms with Crippen LogP contribution >= 0.6 is 0 Å². The summed E-state index contributed by atoms with van der Waals surface area (Å²) in [4.78, 5) is 24.1. The van der Waals surface area contributed by atoms with Crippen LogP contribution in [0.1, 0.15) is 182 Å². The fourth-order valence-corrected chi connectivity index (χ4v) is 5.27. The third kappa shape index (κ3) is 25.6. The Balaban J connectivity index is 3.47. The molecule has 0 saturated carbocycles. The van der Waals surface area contributed by atoms with Crippen molar-refractivity contribution < 1.29 is 19.1 Å². The van der Waals surface area contributed by atoms with Crippen LogP contribution < -0.4 is 0 Å². The van der Waals surface area contributed by atoms with Gasteiger partial charge in [-0.15, -0.1) is 0 Å². The van der Waals surface area contributed by atoms with Crippen LogP contribution in [0.15, 0.2) is 0 Å². The van der Waals surface area contributed by atoms with E-state index in [9.17, 15) is 9.59 Å². The van der Waals surface area contributed by atoms with Crippen LogP contribution in [0.4, 0.5) is 0 Å². The molecule has 0 bridgehead atoms. The first-order valence-electron chi connectivity index (χ1n) is 17.3. The van der Waals surface area contributed by atoms with E-state index >= 15 is 0 Å². The normalized spacial score (nSPS) is 13.7. The Morgan fingerprint density at radius 2 is 0.923 bits per heavy atom. The molecule has 0 aromatic heterocycles. The van der Waals surface area contributed by atoms with E-state index < -0.39 is 0 Å². The molecule has 3 atom stereocenters. The molecular weight excluding hydrogens is 484 g/mol. The number of esters is 2. The fourth-order valence-electron chi connectivity index (χ4n) is 5.27. The smallest absolute Gasteiger partial charge is 0.306 e. The van der Waals surface area contributed by atoms with Gasteiger partial charge >= 0.3 is 11.9 Å². The summed E-state index contributed by atoms with van der Waals surface area (Å²) in [6, 6.07) is 0. The van der Waals surface area contributed by atoms with E-state index in [0.717, 1.165) is 32.1 Å². The minimum Gasteiger partial charge on any atom is -0.465 e. The molecule has 0 aliphatic carbocycles. The summed E-state index contributed by atoms with van der Waals surface area (Å²) in [6.07, 6.45) is 26.9. The van der Waals surface area contributed by atoms with Crippen LogP contribution in [0.5, 0.6) is 0 Å². The van der Waals surface area contributed by atoms with Crippen molar-refractivity contribution in [3.63, 3.8) is 0 Å². The Morgan fingerprint density at radius 1 is 0.513 bits per heavy atom. The summed E-state index contributed by atoms with van der Waals surface area (Å²) in [5.41, 5.74) is 0. The van der Waals surface area contributed by atoms with Gasteiger partial charge in [-0.3, -0.25) is 9.59 Å². The Morgan fingerprint density at radius 3 is 1.36 bits per heavy atom. The van der Waals surface area contributed by atoms with Crippen molar-refractivity contribution >= 4 is 11.9 Å². The van der Waals surface area contributed by atoms with Gasteiger partial charge in [-0.25, -0.2) is 0 Å². The Kier molecular flexibility index (Phi) is 27.7. The van der Waals surface area contributed by atoms with Gasteiger partial charge in [0.2, 0.25) is 0 Å². The lowest BCUT2D eigenvalue weighted by Crippen LogP contribution is -2.15. The third-order valence-corrected chi connectivity index (χ3v) is 8.39. The third-order valence-electron chi connectivity index (χ3n) is 8.39. The van der Waals surface area contributed by atoms with E-state index in [-0.39, 0.29) is 11.9 Å². The quantitative estimate of drug-likeness (QED) is 0.0684. The highest BCUT2D eigenvalue weighted by Crippen LogP contribution is 2.18. The molecule has 0 aliphatic heterocycles. The lowest BCUT2D eigenvalue weighted by molar-refractivity contribution is -0.146. The number of hydrogen-bond donors (Lipinski definition) is 0. The van der Waals surface area contributed by atoms with Gasteiger partial charge in [-0.05, 0) is 37.0 Å². The average molecular weight is 553 g/mol. The topological polar surface area (TPSA) is 52.6 Å². The van der Waals surface area contributed by atoms with E-state index in [4.69, 9.17) is 9.47 Å². The van der Waals surface area contributed by atoms with Crippen molar-refractivity contribution in [3.05, 3.63) is 0 Å². The Bertz CT molecular complexity index is 547. The lowest BCUT2D eigenvalue weighted by Gasteiger charge is -2.16. The summed E-state index contributed by atoms with van der Waals surface area (Å²) < 4.78 is 11.1. The van der Waals surface area contributed by atoms with Crippen LogP contribution in [0.25, 0.3) is 0 Å². The zero-order valence-electron chi connectivity index (χ0n) is 27.0. The molecule has 0 N–H and O–H groups in total. The standard InChI is InChI=1S/C35H68O4/c1-6-10-25-32(8-3)29-38-34(36)27-23-21-19-17-15-13-12-14-16-18-20-22-24-31(5)28-35(37)39-30-33(9-4)26-11-7-2/h31-33H,6-30H2,1-5H3. The van der Waals surface area contributed by atoms with Crippen LogP contribution in [0, 0.1) is 17.8 Å². The molecule has 4 nitrogen and oxygen atoms in total. The van der Waals surface area contributed by atoms with Crippen molar-refractivity contribution in [3.8, 4) is 0 Å². The molecular formula is C35H68O4. The largest absolute Gasteiger partial charge is 0.465 e. The summed E-state index contributed by atoms with van der Waals surface area (Å²) in [7, 11) is 0. The van der Waals surface area contributed by atoms with Crippen molar-refractivity contribution in [2.75, 3.05) is 13.2 Å². The molecule has 4 heteroatoms. The maximum Gasteiger partial charge on any atom is 0.306 e. The monoisotopic (exact) mass is 553 g/mol. The zero-order chi connectivity index (χ0) is 29.0. The molecule has 232 valence electrons. The van der Waals surface area contributed by atoms with Gasteiger partial charge in [0.15, 0.2) is 0 Å². The van der Waals surface area contributed by atoms with Gasteiger partial charge in [0.25, 0.3) is 0 Å². The summed E-state index contributed by atoms with van der Waals surface area (Å²) >= 11 is 0. The molecule has 3 unspecified atom stereocenters. The average Bonchev–Trinajstić information content (AvgIpc) is 2.93. The van der Waals surface area contributed by atoms with Crippen LogP contribution in [0.3, 0.4) is 0 Å². The van der Waals surface area contributed by atoms with E-state index in [0.29, 0.717) is 43.8 Å². The number of carbonyl (C=O) groups is 2. The minimum atomic E-state index is -0.00165. The van der Waals surface area contributed by atoms with Gasteiger partial charge in [0.1, 0.15) is 0 Å². The Hall–Kier alpha value is -1.06. The summed E-state index contributed by atoms with van der Waals surface area (Å²) in [6.45, 7) is 12.2. The maximum absolute atomic E-state index is 12.1. The number of ether oxygens (including phenoxy) is 2. The van der Waals surface area contributed by atoms with E-state index in [1.807, 2.05) is 0 Å². The number of carbonyl (C=O) groups excluding carboxylic acids is 2.